The van der Waals surface area contributed by atoms with Crippen molar-refractivity contribution < 1.29 is 4.79 Å². The molecule has 0 fully saturated rings. The topological polar surface area (TPSA) is 51.0 Å². The monoisotopic (exact) mass is 292 g/mol. The van der Waals surface area contributed by atoms with Gasteiger partial charge in [0, 0.05) is 25.2 Å². The Kier molecular flexibility index (Phi) is 4.54. The molecule has 0 aliphatic carbocycles. The summed E-state index contributed by atoms with van der Waals surface area (Å²) in [6, 6.07) is 1.90. The van der Waals surface area contributed by atoms with Gasteiger partial charge in [-0.05, 0) is 19.4 Å². The molecule has 20 heavy (non-hydrogen) atoms. The van der Waals surface area contributed by atoms with Crippen LogP contribution in [0.5, 0.6) is 0 Å². The van der Waals surface area contributed by atoms with E-state index in [-0.39, 0.29) is 11.9 Å². The zero-order valence-corrected chi connectivity index (χ0v) is 13.1. The smallest absolute Gasteiger partial charge is 0.272 e. The van der Waals surface area contributed by atoms with Crippen molar-refractivity contribution in [3.63, 3.8) is 0 Å². The van der Waals surface area contributed by atoms with Gasteiger partial charge in [0.15, 0.2) is 0 Å². The van der Waals surface area contributed by atoms with Crippen LogP contribution in [0.1, 0.15) is 47.4 Å². The molecule has 5 nitrogen and oxygen atoms in total. The van der Waals surface area contributed by atoms with E-state index in [0.29, 0.717) is 5.69 Å². The lowest BCUT2D eigenvalue weighted by Crippen LogP contribution is -2.30. The average molecular weight is 292 g/mol. The van der Waals surface area contributed by atoms with Crippen LogP contribution in [0.4, 0.5) is 0 Å². The summed E-state index contributed by atoms with van der Waals surface area (Å²) in [5.41, 5.74) is 3.39. The van der Waals surface area contributed by atoms with E-state index in [4.69, 9.17) is 0 Å². The van der Waals surface area contributed by atoms with Gasteiger partial charge in [0.25, 0.3) is 5.91 Å². The van der Waals surface area contributed by atoms with Gasteiger partial charge in [0.1, 0.15) is 5.69 Å². The normalized spacial score (nSPS) is 12.4. The van der Waals surface area contributed by atoms with Crippen molar-refractivity contribution in [2.75, 3.05) is 7.05 Å². The Hall–Kier alpha value is -1.69. The molecule has 2 rings (SSSR count). The number of aryl methyl sites for hydroxylation is 2. The van der Waals surface area contributed by atoms with E-state index in [2.05, 4.69) is 17.0 Å². The van der Waals surface area contributed by atoms with E-state index in [1.165, 1.54) is 0 Å². The number of carbonyl (C=O) groups is 1. The maximum absolute atomic E-state index is 12.6. The Morgan fingerprint density at radius 3 is 2.90 bits per heavy atom. The summed E-state index contributed by atoms with van der Waals surface area (Å²) in [7, 11) is 3.64. The number of aromatic nitrogens is 3. The number of thiazole rings is 1. The van der Waals surface area contributed by atoms with E-state index in [0.717, 1.165) is 23.4 Å². The minimum Gasteiger partial charge on any atom is -0.333 e. The fourth-order valence-corrected chi connectivity index (χ4v) is 2.80. The average Bonchev–Trinajstić information content (AvgIpc) is 3.06. The van der Waals surface area contributed by atoms with Gasteiger partial charge in [-0.3, -0.25) is 14.5 Å². The predicted octanol–water partition coefficient (Wildman–Crippen LogP) is 2.66. The first-order valence-corrected chi connectivity index (χ1v) is 7.61. The molecule has 0 aliphatic rings. The second kappa shape index (κ2) is 6.17. The van der Waals surface area contributed by atoms with Crippen molar-refractivity contribution in [3.05, 3.63) is 34.0 Å². The minimum atomic E-state index is -0.0109. The van der Waals surface area contributed by atoms with Gasteiger partial charge in [0.05, 0.1) is 17.2 Å². The third-order valence-corrected chi connectivity index (χ3v) is 4.37. The summed E-state index contributed by atoms with van der Waals surface area (Å²) in [4.78, 5) is 19.5. The third kappa shape index (κ3) is 2.90. The van der Waals surface area contributed by atoms with E-state index in [1.807, 2.05) is 33.3 Å². The Morgan fingerprint density at radius 2 is 2.30 bits per heavy atom. The van der Waals surface area contributed by atoms with Crippen LogP contribution in [0.25, 0.3) is 0 Å². The van der Waals surface area contributed by atoms with Crippen LogP contribution >= 0.6 is 11.3 Å². The van der Waals surface area contributed by atoms with Crippen LogP contribution in [-0.2, 0) is 13.5 Å². The summed E-state index contributed by atoms with van der Waals surface area (Å²) in [6.07, 6.45) is 3.73. The fourth-order valence-electron chi connectivity index (χ4n) is 2.08. The Balaban J connectivity index is 2.18. The van der Waals surface area contributed by atoms with Crippen molar-refractivity contribution >= 4 is 17.2 Å². The highest BCUT2D eigenvalue weighted by molar-refractivity contribution is 7.09. The molecular weight excluding hydrogens is 272 g/mol. The molecule has 6 heteroatoms. The van der Waals surface area contributed by atoms with Crippen LogP contribution in [0.15, 0.2) is 17.8 Å². The zero-order chi connectivity index (χ0) is 14.7. The quantitative estimate of drug-likeness (QED) is 0.851. The van der Waals surface area contributed by atoms with Gasteiger partial charge in [-0.1, -0.05) is 13.3 Å². The molecule has 0 aromatic carbocycles. The van der Waals surface area contributed by atoms with Crippen molar-refractivity contribution in [2.24, 2.45) is 7.05 Å². The molecule has 108 valence electrons. The summed E-state index contributed by atoms with van der Waals surface area (Å²) in [6.45, 7) is 4.11. The molecule has 2 aromatic rings. The van der Waals surface area contributed by atoms with Gasteiger partial charge in [0.2, 0.25) is 0 Å². The molecule has 0 N–H and O–H groups in total. The van der Waals surface area contributed by atoms with Gasteiger partial charge in [-0.25, -0.2) is 0 Å². The molecule has 0 aliphatic heterocycles. The molecule has 0 saturated heterocycles. The van der Waals surface area contributed by atoms with Crippen LogP contribution in [0.2, 0.25) is 0 Å². The number of hydrogen-bond donors (Lipinski definition) is 0. The number of rotatable bonds is 5. The van der Waals surface area contributed by atoms with Crippen molar-refractivity contribution in [1.82, 2.24) is 19.7 Å². The first kappa shape index (κ1) is 14.7. The summed E-state index contributed by atoms with van der Waals surface area (Å²) < 4.78 is 1.67. The minimum absolute atomic E-state index is 0.0109. The molecule has 0 radical (unpaired) electrons. The summed E-state index contributed by atoms with van der Waals surface area (Å²) in [5.74, 6) is -0.0109. The first-order valence-electron chi connectivity index (χ1n) is 6.73. The highest BCUT2D eigenvalue weighted by Crippen LogP contribution is 2.23. The van der Waals surface area contributed by atoms with Crippen LogP contribution in [0, 0.1) is 0 Å². The lowest BCUT2D eigenvalue weighted by Gasteiger charge is -2.23. The van der Waals surface area contributed by atoms with E-state index in [9.17, 15) is 4.79 Å². The fraction of sp³-hybridized carbons (Fsp3) is 0.500. The summed E-state index contributed by atoms with van der Waals surface area (Å²) >= 11 is 1.56. The Bertz CT molecular complexity index is 576. The van der Waals surface area contributed by atoms with E-state index in [1.54, 1.807) is 26.4 Å². The highest BCUT2D eigenvalue weighted by atomic mass is 32.1. The maximum Gasteiger partial charge on any atom is 0.272 e. The number of nitrogens with zero attached hydrogens (tertiary/aromatic N) is 4. The standard InChI is InChI=1S/C14H20N4OS/c1-5-6-11-7-12(18(4)16-11)14(19)17(3)10(2)13-8-15-9-20-13/h7-10H,5-6H2,1-4H3. The molecule has 1 amide bonds. The van der Waals surface area contributed by atoms with Gasteiger partial charge in [-0.15, -0.1) is 11.3 Å². The molecule has 1 unspecified atom stereocenters. The van der Waals surface area contributed by atoms with Gasteiger partial charge < -0.3 is 4.90 Å². The second-order valence-corrected chi connectivity index (χ2v) is 5.81. The third-order valence-electron chi connectivity index (χ3n) is 3.42. The molecule has 0 spiro atoms. The molecule has 0 bridgehead atoms. The number of carbonyl (C=O) groups excluding carboxylic acids is 1. The van der Waals surface area contributed by atoms with Crippen LogP contribution in [0.3, 0.4) is 0 Å². The molecule has 2 aromatic heterocycles. The zero-order valence-electron chi connectivity index (χ0n) is 12.3. The first-order chi connectivity index (χ1) is 9.54. The highest BCUT2D eigenvalue weighted by Gasteiger charge is 2.22. The largest absolute Gasteiger partial charge is 0.333 e. The SMILES string of the molecule is CCCc1cc(C(=O)N(C)C(C)c2cncs2)n(C)n1. The van der Waals surface area contributed by atoms with Crippen LogP contribution in [-0.4, -0.2) is 32.6 Å². The maximum atomic E-state index is 12.6. The number of amides is 1. The summed E-state index contributed by atoms with van der Waals surface area (Å²) in [5, 5.41) is 4.39. The van der Waals surface area contributed by atoms with Gasteiger partial charge >= 0.3 is 0 Å². The van der Waals surface area contributed by atoms with Crippen LogP contribution < -0.4 is 0 Å². The lowest BCUT2D eigenvalue weighted by molar-refractivity contribution is 0.0733. The molecule has 1 atom stereocenters. The van der Waals surface area contributed by atoms with Crippen molar-refractivity contribution in [3.8, 4) is 0 Å². The Labute approximate surface area is 123 Å². The van der Waals surface area contributed by atoms with Crippen molar-refractivity contribution in [1.29, 1.82) is 0 Å². The predicted molar refractivity (Wildman–Crippen MR) is 79.8 cm³/mol. The Morgan fingerprint density at radius 1 is 1.55 bits per heavy atom. The second-order valence-electron chi connectivity index (χ2n) is 4.89. The molecule has 0 saturated carbocycles. The van der Waals surface area contributed by atoms with E-state index < -0.39 is 0 Å². The van der Waals surface area contributed by atoms with Gasteiger partial charge in [-0.2, -0.15) is 5.10 Å². The van der Waals surface area contributed by atoms with Crippen molar-refractivity contribution in [2.45, 2.75) is 32.7 Å². The number of hydrogen-bond acceptors (Lipinski definition) is 4. The molecular formula is C14H20N4OS. The molecule has 2 heterocycles. The lowest BCUT2D eigenvalue weighted by atomic mass is 10.2. The van der Waals surface area contributed by atoms with E-state index >= 15 is 0 Å².